The van der Waals surface area contributed by atoms with Crippen molar-refractivity contribution in [3.05, 3.63) is 68.7 Å². The molecule has 0 bridgehead atoms. The highest BCUT2D eigenvalue weighted by Crippen LogP contribution is 2.32. The lowest BCUT2D eigenvalue weighted by Crippen LogP contribution is -2.32. The lowest BCUT2D eigenvalue weighted by Gasteiger charge is -2.12. The summed E-state index contributed by atoms with van der Waals surface area (Å²) in [4.78, 5) is 11.2. The molecule has 14 heteroatoms. The van der Waals surface area contributed by atoms with Crippen molar-refractivity contribution in [1.29, 1.82) is 0 Å². The molecular formula is C18H12Cl2F4N4O3S. The summed E-state index contributed by atoms with van der Waals surface area (Å²) in [5, 5.41) is 7.93. The van der Waals surface area contributed by atoms with E-state index in [1.54, 1.807) is 13.0 Å². The van der Waals surface area contributed by atoms with E-state index in [4.69, 9.17) is 23.2 Å². The molecule has 3 rings (SSSR count). The van der Waals surface area contributed by atoms with Crippen LogP contribution >= 0.6 is 23.2 Å². The predicted octanol–water partition coefficient (Wildman–Crippen LogP) is 4.47. The fourth-order valence-corrected chi connectivity index (χ4v) is 4.56. The van der Waals surface area contributed by atoms with Gasteiger partial charge in [-0.15, -0.1) is 5.10 Å². The number of carbonyl (C=O) groups is 1. The largest absolute Gasteiger partial charge is 0.416 e. The fourth-order valence-electron chi connectivity index (χ4n) is 2.83. The van der Waals surface area contributed by atoms with Crippen LogP contribution in [0, 0.1) is 19.7 Å². The maximum Gasteiger partial charge on any atom is 0.416 e. The summed E-state index contributed by atoms with van der Waals surface area (Å²) in [7, 11) is -5.01. The van der Waals surface area contributed by atoms with Crippen molar-refractivity contribution >= 4 is 39.1 Å². The molecule has 0 aliphatic carbocycles. The van der Waals surface area contributed by atoms with Gasteiger partial charge in [0.15, 0.2) is 5.69 Å². The average Bonchev–Trinajstić information content (AvgIpc) is 3.01. The molecule has 0 saturated heterocycles. The van der Waals surface area contributed by atoms with Crippen molar-refractivity contribution < 1.29 is 30.8 Å². The Morgan fingerprint density at radius 1 is 1.12 bits per heavy atom. The van der Waals surface area contributed by atoms with E-state index in [9.17, 15) is 30.8 Å². The van der Waals surface area contributed by atoms with Gasteiger partial charge in [0.25, 0.3) is 15.9 Å². The minimum absolute atomic E-state index is 0.0644. The molecule has 32 heavy (non-hydrogen) atoms. The monoisotopic (exact) mass is 510 g/mol. The summed E-state index contributed by atoms with van der Waals surface area (Å²) >= 11 is 12.1. The van der Waals surface area contributed by atoms with Gasteiger partial charge >= 0.3 is 6.18 Å². The van der Waals surface area contributed by atoms with Crippen LogP contribution in [0.15, 0.2) is 35.2 Å². The zero-order chi connectivity index (χ0) is 24.0. The Bertz CT molecular complexity index is 1320. The number of hydrogen-bond acceptors (Lipinski definition) is 5. The molecule has 0 unspecified atom stereocenters. The smallest absolute Gasteiger partial charge is 0.266 e. The van der Waals surface area contributed by atoms with E-state index in [2.05, 4.69) is 10.3 Å². The Hall–Kier alpha value is -2.70. The molecule has 1 amide bonds. The van der Waals surface area contributed by atoms with Crippen LogP contribution in [-0.2, 0) is 16.2 Å². The number of aryl methyl sites for hydroxylation is 1. The van der Waals surface area contributed by atoms with Crippen molar-refractivity contribution in [3.63, 3.8) is 0 Å². The number of rotatable bonds is 4. The highest BCUT2D eigenvalue weighted by molar-refractivity contribution is 7.90. The quantitative estimate of drug-likeness (QED) is 0.522. The van der Waals surface area contributed by atoms with Gasteiger partial charge in [-0.25, -0.2) is 22.2 Å². The molecule has 3 aromatic rings. The first-order valence-corrected chi connectivity index (χ1v) is 10.8. The molecule has 0 fully saturated rings. The van der Waals surface area contributed by atoms with Gasteiger partial charge in [-0.3, -0.25) is 4.79 Å². The second kappa shape index (κ2) is 8.34. The van der Waals surface area contributed by atoms with Crippen molar-refractivity contribution in [3.8, 4) is 5.69 Å². The molecule has 0 atom stereocenters. The molecule has 0 aliphatic heterocycles. The van der Waals surface area contributed by atoms with E-state index >= 15 is 0 Å². The Balaban J connectivity index is 1.97. The van der Waals surface area contributed by atoms with E-state index in [0.29, 0.717) is 28.4 Å². The van der Waals surface area contributed by atoms with Crippen LogP contribution in [0.3, 0.4) is 0 Å². The summed E-state index contributed by atoms with van der Waals surface area (Å²) in [6.45, 7) is 3.05. The first-order valence-electron chi connectivity index (χ1n) is 8.54. The Kier molecular flexibility index (Phi) is 6.24. The van der Waals surface area contributed by atoms with Crippen molar-refractivity contribution in [2.24, 2.45) is 0 Å². The number of hydrogen-bond donors (Lipinski definition) is 1. The maximum atomic E-state index is 14.0. The summed E-state index contributed by atoms with van der Waals surface area (Å²) in [6, 6.07) is 3.81. The minimum atomic E-state index is -5.01. The summed E-state index contributed by atoms with van der Waals surface area (Å²) in [5.74, 6) is -2.80. The molecule has 7 nitrogen and oxygen atoms in total. The zero-order valence-corrected chi connectivity index (χ0v) is 18.5. The fraction of sp³-hybridized carbons (Fsp3) is 0.167. The molecule has 1 N–H and O–H groups in total. The molecule has 0 saturated carbocycles. The molecule has 1 aromatic heterocycles. The number of sulfonamides is 1. The van der Waals surface area contributed by atoms with Crippen LogP contribution in [0.4, 0.5) is 17.6 Å². The van der Waals surface area contributed by atoms with Crippen molar-refractivity contribution in [2.75, 3.05) is 0 Å². The third kappa shape index (κ3) is 4.57. The molecule has 0 aliphatic rings. The van der Waals surface area contributed by atoms with Gasteiger partial charge in [0.1, 0.15) is 10.7 Å². The average molecular weight is 511 g/mol. The van der Waals surface area contributed by atoms with Gasteiger partial charge in [-0.1, -0.05) is 28.4 Å². The second-order valence-corrected chi connectivity index (χ2v) is 9.06. The van der Waals surface area contributed by atoms with Gasteiger partial charge < -0.3 is 0 Å². The van der Waals surface area contributed by atoms with Gasteiger partial charge in [-0.05, 0) is 49.7 Å². The SMILES string of the molecule is Cc1cc(Cl)cc(Cl)c1-n1nnc(C(=O)NS(=O)(=O)c2cc(C(F)(F)F)ccc2F)c1C. The van der Waals surface area contributed by atoms with E-state index in [0.717, 1.165) is 0 Å². The van der Waals surface area contributed by atoms with Crippen LogP contribution in [0.25, 0.3) is 5.69 Å². The second-order valence-electron chi connectivity index (χ2n) is 6.57. The summed E-state index contributed by atoms with van der Waals surface area (Å²) in [5.41, 5.74) is -0.907. The Morgan fingerprint density at radius 2 is 1.78 bits per heavy atom. The molecule has 0 radical (unpaired) electrons. The minimum Gasteiger partial charge on any atom is -0.266 e. The van der Waals surface area contributed by atoms with E-state index in [1.807, 2.05) is 0 Å². The lowest BCUT2D eigenvalue weighted by molar-refractivity contribution is -0.137. The molecule has 2 aromatic carbocycles. The number of aromatic nitrogens is 3. The zero-order valence-electron chi connectivity index (χ0n) is 16.1. The number of nitrogens with one attached hydrogen (secondary N) is 1. The number of halogens is 6. The predicted molar refractivity (Wildman–Crippen MR) is 107 cm³/mol. The first kappa shape index (κ1) is 24.0. The first-order chi connectivity index (χ1) is 14.7. The maximum absolute atomic E-state index is 14.0. The number of amides is 1. The molecule has 0 spiro atoms. The molecular weight excluding hydrogens is 499 g/mol. The highest BCUT2D eigenvalue weighted by Gasteiger charge is 2.34. The molecule has 170 valence electrons. The van der Waals surface area contributed by atoms with Gasteiger partial charge in [-0.2, -0.15) is 13.2 Å². The normalized spacial score (nSPS) is 12.1. The number of alkyl halides is 3. The summed E-state index contributed by atoms with van der Waals surface area (Å²) < 4.78 is 80.1. The van der Waals surface area contributed by atoms with E-state index in [1.165, 1.54) is 22.4 Å². The van der Waals surface area contributed by atoms with Crippen LogP contribution in [0.1, 0.15) is 27.3 Å². The Labute approximate surface area is 189 Å². The van der Waals surface area contributed by atoms with Gasteiger partial charge in [0.2, 0.25) is 0 Å². The Morgan fingerprint density at radius 3 is 2.38 bits per heavy atom. The standard InChI is InChI=1S/C18H12Cl2F4N4O3S/c1-8-5-11(19)7-12(20)16(8)28-9(2)15(25-27-28)17(29)26-32(30,31)14-6-10(18(22,23)24)3-4-13(14)21/h3-7H,1-2H3,(H,26,29). The van der Waals surface area contributed by atoms with Crippen LogP contribution in [-0.4, -0.2) is 29.3 Å². The lowest BCUT2D eigenvalue weighted by atomic mass is 10.2. The third-order valence-corrected chi connectivity index (χ3v) is 6.17. The highest BCUT2D eigenvalue weighted by atomic mass is 35.5. The van der Waals surface area contributed by atoms with E-state index < -0.39 is 44.1 Å². The van der Waals surface area contributed by atoms with E-state index in [-0.39, 0.29) is 16.8 Å². The van der Waals surface area contributed by atoms with Crippen LogP contribution < -0.4 is 4.72 Å². The summed E-state index contributed by atoms with van der Waals surface area (Å²) in [6.07, 6.45) is -4.92. The topological polar surface area (TPSA) is 93.9 Å². The van der Waals surface area contributed by atoms with Gasteiger partial charge in [0, 0.05) is 5.02 Å². The molecule has 1 heterocycles. The van der Waals surface area contributed by atoms with Crippen LogP contribution in [0.5, 0.6) is 0 Å². The number of nitrogens with zero attached hydrogens (tertiary/aromatic N) is 3. The third-order valence-electron chi connectivity index (χ3n) is 4.32. The van der Waals surface area contributed by atoms with Crippen LogP contribution in [0.2, 0.25) is 10.0 Å². The van der Waals surface area contributed by atoms with Crippen molar-refractivity contribution in [1.82, 2.24) is 19.7 Å². The number of carbonyl (C=O) groups excluding carboxylic acids is 1. The van der Waals surface area contributed by atoms with Crippen molar-refractivity contribution in [2.45, 2.75) is 24.9 Å². The van der Waals surface area contributed by atoms with Gasteiger partial charge in [0.05, 0.1) is 22.0 Å². The number of benzene rings is 2.